The van der Waals surface area contributed by atoms with Gasteiger partial charge in [0.1, 0.15) is 0 Å². The molecule has 3 nitrogen and oxygen atoms in total. The first kappa shape index (κ1) is 11.5. The van der Waals surface area contributed by atoms with Gasteiger partial charge in [0.25, 0.3) is 0 Å². The first-order valence-electron chi connectivity index (χ1n) is 5.64. The lowest BCUT2D eigenvalue weighted by molar-refractivity contribution is -0.177. The van der Waals surface area contributed by atoms with Crippen LogP contribution in [0.1, 0.15) is 51.9 Å². The van der Waals surface area contributed by atoms with Crippen molar-refractivity contribution in [2.45, 2.75) is 58.2 Å². The van der Waals surface area contributed by atoms with Gasteiger partial charge in [-0.05, 0) is 19.3 Å². The molecule has 0 spiro atoms. The number of carbonyl (C=O) groups excluding carboxylic acids is 1. The minimum absolute atomic E-state index is 0.108. The maximum atomic E-state index is 11.1. The molecule has 1 aliphatic rings. The van der Waals surface area contributed by atoms with Crippen molar-refractivity contribution < 1.29 is 14.3 Å². The summed E-state index contributed by atoms with van der Waals surface area (Å²) in [5.74, 6) is -0.108. The largest absolute Gasteiger partial charge is 0.436 e. The summed E-state index contributed by atoms with van der Waals surface area (Å²) in [6.45, 7) is 2.87. The van der Waals surface area contributed by atoms with Crippen molar-refractivity contribution in [2.24, 2.45) is 0 Å². The van der Waals surface area contributed by atoms with Gasteiger partial charge in [0.15, 0.2) is 0 Å². The van der Waals surface area contributed by atoms with Crippen molar-refractivity contribution in [2.75, 3.05) is 6.61 Å². The van der Waals surface area contributed by atoms with E-state index in [0.29, 0.717) is 13.0 Å². The second kappa shape index (κ2) is 6.82. The van der Waals surface area contributed by atoms with Gasteiger partial charge in [-0.2, -0.15) is 0 Å². The summed E-state index contributed by atoms with van der Waals surface area (Å²) in [4.78, 5) is 11.1. The smallest absolute Gasteiger partial charge is 0.308 e. The number of hydrogen-bond acceptors (Lipinski definition) is 3. The molecule has 0 aromatic carbocycles. The van der Waals surface area contributed by atoms with Crippen molar-refractivity contribution in [1.29, 1.82) is 0 Å². The lowest BCUT2D eigenvalue weighted by Crippen LogP contribution is -2.19. The van der Waals surface area contributed by atoms with Crippen molar-refractivity contribution in [3.63, 3.8) is 0 Å². The number of cyclic esters (lactones) is 1. The fourth-order valence-electron chi connectivity index (χ4n) is 1.53. The van der Waals surface area contributed by atoms with E-state index >= 15 is 0 Å². The van der Waals surface area contributed by atoms with Crippen LogP contribution in [0.5, 0.6) is 0 Å². The molecule has 0 aliphatic carbocycles. The molecule has 1 saturated heterocycles. The number of hydrogen-bond donors (Lipinski definition) is 0. The van der Waals surface area contributed by atoms with Crippen LogP contribution in [0.2, 0.25) is 0 Å². The molecule has 1 fully saturated rings. The maximum absolute atomic E-state index is 11.1. The fourth-order valence-corrected chi connectivity index (χ4v) is 1.53. The van der Waals surface area contributed by atoms with Gasteiger partial charge < -0.3 is 9.47 Å². The van der Waals surface area contributed by atoms with Crippen LogP contribution in [-0.2, 0) is 14.3 Å². The molecular weight excluding hydrogens is 180 g/mol. The molecule has 1 atom stereocenters. The van der Waals surface area contributed by atoms with E-state index in [-0.39, 0.29) is 12.3 Å². The number of ether oxygens (including phenoxy) is 2. The van der Waals surface area contributed by atoms with E-state index in [1.165, 1.54) is 12.8 Å². The molecule has 1 heterocycles. The van der Waals surface area contributed by atoms with Gasteiger partial charge in [-0.25, -0.2) is 0 Å². The zero-order chi connectivity index (χ0) is 10.2. The first-order valence-corrected chi connectivity index (χ1v) is 5.64. The molecule has 1 rings (SSSR count). The Bertz CT molecular complexity index is 168. The molecule has 82 valence electrons. The van der Waals surface area contributed by atoms with E-state index in [2.05, 4.69) is 6.92 Å². The van der Waals surface area contributed by atoms with Crippen LogP contribution in [-0.4, -0.2) is 18.9 Å². The first-order chi connectivity index (χ1) is 6.83. The highest BCUT2D eigenvalue weighted by molar-refractivity contribution is 5.69. The number of carbonyl (C=O) groups is 1. The Hall–Kier alpha value is -0.570. The normalized spacial score (nSPS) is 22.9. The minimum Gasteiger partial charge on any atom is -0.436 e. The Kier molecular flexibility index (Phi) is 5.60. The van der Waals surface area contributed by atoms with Crippen molar-refractivity contribution in [3.05, 3.63) is 0 Å². The summed E-state index contributed by atoms with van der Waals surface area (Å²) < 4.78 is 10.6. The Labute approximate surface area is 85.8 Å². The molecule has 0 bridgehead atoms. The Balaban J connectivity index is 2.12. The zero-order valence-corrected chi connectivity index (χ0v) is 8.96. The summed E-state index contributed by atoms with van der Waals surface area (Å²) in [6.07, 6.45) is 6.53. The van der Waals surface area contributed by atoms with E-state index < -0.39 is 0 Å². The monoisotopic (exact) mass is 200 g/mol. The summed E-state index contributed by atoms with van der Waals surface area (Å²) >= 11 is 0. The predicted octanol–water partition coefficient (Wildman–Crippen LogP) is 2.64. The average Bonchev–Trinajstić information content (AvgIpc) is 2.38. The Morgan fingerprint density at radius 1 is 1.43 bits per heavy atom. The quantitative estimate of drug-likeness (QED) is 0.505. The van der Waals surface area contributed by atoms with Crippen LogP contribution in [0.4, 0.5) is 0 Å². The summed E-state index contributed by atoms with van der Waals surface area (Å²) in [5, 5.41) is 0. The van der Waals surface area contributed by atoms with Crippen LogP contribution < -0.4 is 0 Å². The van der Waals surface area contributed by atoms with Gasteiger partial charge in [-0.1, -0.05) is 19.8 Å². The Morgan fingerprint density at radius 2 is 2.29 bits per heavy atom. The van der Waals surface area contributed by atoms with E-state index in [0.717, 1.165) is 25.7 Å². The number of rotatable bonds is 5. The van der Waals surface area contributed by atoms with E-state index in [4.69, 9.17) is 9.47 Å². The molecule has 0 aromatic heterocycles. The second-order valence-corrected chi connectivity index (χ2v) is 3.74. The van der Waals surface area contributed by atoms with Gasteiger partial charge in [-0.3, -0.25) is 4.79 Å². The van der Waals surface area contributed by atoms with Crippen LogP contribution in [0, 0.1) is 0 Å². The lowest BCUT2D eigenvalue weighted by Gasteiger charge is -2.15. The van der Waals surface area contributed by atoms with Gasteiger partial charge in [0, 0.05) is 12.8 Å². The van der Waals surface area contributed by atoms with Crippen LogP contribution >= 0.6 is 0 Å². The third kappa shape index (κ3) is 4.61. The molecule has 1 unspecified atom stereocenters. The lowest BCUT2D eigenvalue weighted by atomic mass is 10.2. The van der Waals surface area contributed by atoms with Crippen LogP contribution in [0.3, 0.4) is 0 Å². The third-order valence-corrected chi connectivity index (χ3v) is 2.39. The molecular formula is C11H20O3. The standard InChI is InChI=1S/C11H20O3/c1-2-3-6-9-13-11-8-5-4-7-10(12)14-11/h11H,2-9H2,1H3. The highest BCUT2D eigenvalue weighted by atomic mass is 16.7. The molecule has 3 heteroatoms. The summed E-state index contributed by atoms with van der Waals surface area (Å²) in [7, 11) is 0. The second-order valence-electron chi connectivity index (χ2n) is 3.74. The summed E-state index contributed by atoms with van der Waals surface area (Å²) in [5.41, 5.74) is 0. The van der Waals surface area contributed by atoms with Gasteiger partial charge in [-0.15, -0.1) is 0 Å². The number of esters is 1. The Morgan fingerprint density at radius 3 is 3.07 bits per heavy atom. The molecule has 14 heavy (non-hydrogen) atoms. The molecule has 0 N–H and O–H groups in total. The summed E-state index contributed by atoms with van der Waals surface area (Å²) in [6, 6.07) is 0. The van der Waals surface area contributed by atoms with Crippen molar-refractivity contribution in [1.82, 2.24) is 0 Å². The van der Waals surface area contributed by atoms with Crippen LogP contribution in [0.15, 0.2) is 0 Å². The van der Waals surface area contributed by atoms with Crippen molar-refractivity contribution >= 4 is 5.97 Å². The highest BCUT2D eigenvalue weighted by Crippen LogP contribution is 2.15. The van der Waals surface area contributed by atoms with E-state index in [9.17, 15) is 4.79 Å². The molecule has 0 radical (unpaired) electrons. The SMILES string of the molecule is CCCCCOC1CCCCC(=O)O1. The number of unbranched alkanes of at least 4 members (excludes halogenated alkanes) is 2. The maximum Gasteiger partial charge on any atom is 0.308 e. The van der Waals surface area contributed by atoms with Gasteiger partial charge in [0.05, 0.1) is 6.61 Å². The van der Waals surface area contributed by atoms with Crippen LogP contribution in [0.25, 0.3) is 0 Å². The zero-order valence-electron chi connectivity index (χ0n) is 8.96. The molecule has 1 aliphatic heterocycles. The van der Waals surface area contributed by atoms with Gasteiger partial charge >= 0.3 is 5.97 Å². The predicted molar refractivity (Wildman–Crippen MR) is 53.8 cm³/mol. The van der Waals surface area contributed by atoms with Gasteiger partial charge in [0.2, 0.25) is 6.29 Å². The van der Waals surface area contributed by atoms with Crippen molar-refractivity contribution in [3.8, 4) is 0 Å². The molecule has 0 aromatic rings. The van der Waals surface area contributed by atoms with E-state index in [1.54, 1.807) is 0 Å². The average molecular weight is 200 g/mol. The third-order valence-electron chi connectivity index (χ3n) is 2.39. The minimum atomic E-state index is -0.276. The molecule has 0 saturated carbocycles. The highest BCUT2D eigenvalue weighted by Gasteiger charge is 2.18. The molecule has 0 amide bonds. The topological polar surface area (TPSA) is 35.5 Å². The fraction of sp³-hybridized carbons (Fsp3) is 0.909. The van der Waals surface area contributed by atoms with E-state index in [1.807, 2.05) is 0 Å².